The molecule has 0 bridgehead atoms. The summed E-state index contributed by atoms with van der Waals surface area (Å²) in [5.41, 5.74) is 0.469. The molecule has 1 aliphatic rings. The van der Waals surface area contributed by atoms with Gasteiger partial charge in [0.15, 0.2) is 11.5 Å². The minimum absolute atomic E-state index is 0.0726. The first kappa shape index (κ1) is 20.3. The van der Waals surface area contributed by atoms with E-state index >= 15 is 0 Å². The second-order valence-electron chi connectivity index (χ2n) is 6.16. The van der Waals surface area contributed by atoms with Crippen molar-refractivity contribution in [1.29, 1.82) is 0 Å². The number of hydrogen-bond donors (Lipinski definition) is 1. The van der Waals surface area contributed by atoms with Gasteiger partial charge in [-0.3, -0.25) is 9.59 Å². The molecule has 0 aromatic heterocycles. The number of ether oxygens (including phenoxy) is 3. The Balaban J connectivity index is 1.57. The summed E-state index contributed by atoms with van der Waals surface area (Å²) >= 11 is 0. The van der Waals surface area contributed by atoms with Crippen LogP contribution in [0.4, 0.5) is 13.2 Å². The molecule has 0 atom stereocenters. The second-order valence-corrected chi connectivity index (χ2v) is 6.16. The van der Waals surface area contributed by atoms with E-state index in [1.807, 2.05) is 0 Å². The smallest absolute Gasteiger partial charge is 0.454 e. The molecular formula is C19H17F3N2O5. The van der Waals surface area contributed by atoms with Gasteiger partial charge in [0.2, 0.25) is 12.7 Å². The number of carbonyl (C=O) groups excluding carboxylic acids is 2. The zero-order chi connectivity index (χ0) is 21.0. The number of halogens is 3. The molecule has 1 aliphatic heterocycles. The maximum atomic E-state index is 12.5. The third-order valence-electron chi connectivity index (χ3n) is 4.07. The lowest BCUT2D eigenvalue weighted by Gasteiger charge is -2.20. The Morgan fingerprint density at radius 1 is 1.14 bits per heavy atom. The molecule has 2 aromatic carbocycles. The Morgan fingerprint density at radius 3 is 2.62 bits per heavy atom. The van der Waals surface area contributed by atoms with Gasteiger partial charge in [0, 0.05) is 24.7 Å². The average molecular weight is 410 g/mol. The number of alkyl halides is 3. The molecule has 0 radical (unpaired) electrons. The van der Waals surface area contributed by atoms with Gasteiger partial charge in [-0.15, -0.1) is 13.2 Å². The van der Waals surface area contributed by atoms with Crippen molar-refractivity contribution in [1.82, 2.24) is 10.2 Å². The van der Waals surface area contributed by atoms with Gasteiger partial charge in [-0.05, 0) is 24.3 Å². The van der Waals surface area contributed by atoms with Crippen LogP contribution in [0, 0.1) is 0 Å². The minimum atomic E-state index is -4.84. The van der Waals surface area contributed by atoms with Gasteiger partial charge in [-0.25, -0.2) is 0 Å². The summed E-state index contributed by atoms with van der Waals surface area (Å²) in [6, 6.07) is 10.1. The number of rotatable bonds is 6. The fourth-order valence-electron chi connectivity index (χ4n) is 2.63. The fourth-order valence-corrected chi connectivity index (χ4v) is 2.63. The molecule has 0 saturated carbocycles. The lowest BCUT2D eigenvalue weighted by molar-refractivity contribution is -0.275. The highest BCUT2D eigenvalue weighted by molar-refractivity contribution is 5.97. The largest absolute Gasteiger partial charge is 0.573 e. The number of fused-ring (bicyclic) bond motifs is 1. The highest BCUT2D eigenvalue weighted by Crippen LogP contribution is 2.32. The molecule has 0 saturated heterocycles. The standard InChI is InChI=1S/C19H17F3N2O5/c1-24(10-13-4-2-3-5-14(13)29-19(20,21)22)17(25)9-23-18(26)12-6-7-15-16(8-12)28-11-27-15/h2-8H,9-11H2,1H3,(H,23,26). The number of amides is 2. The second kappa shape index (κ2) is 8.29. The van der Waals surface area contributed by atoms with Gasteiger partial charge in [-0.1, -0.05) is 18.2 Å². The molecule has 0 spiro atoms. The number of benzene rings is 2. The van der Waals surface area contributed by atoms with Crippen molar-refractivity contribution in [2.24, 2.45) is 0 Å². The number of nitrogens with zero attached hydrogens (tertiary/aromatic N) is 1. The van der Waals surface area contributed by atoms with Crippen molar-refractivity contribution in [3.8, 4) is 17.2 Å². The summed E-state index contributed by atoms with van der Waals surface area (Å²) in [4.78, 5) is 25.7. The van der Waals surface area contributed by atoms with Crippen LogP contribution in [0.5, 0.6) is 17.2 Å². The monoisotopic (exact) mass is 410 g/mol. The lowest BCUT2D eigenvalue weighted by atomic mass is 10.2. The van der Waals surface area contributed by atoms with Crippen molar-refractivity contribution in [2.75, 3.05) is 20.4 Å². The van der Waals surface area contributed by atoms with Gasteiger partial charge >= 0.3 is 6.36 Å². The highest BCUT2D eigenvalue weighted by Gasteiger charge is 2.32. The first-order valence-corrected chi connectivity index (χ1v) is 8.48. The first-order chi connectivity index (χ1) is 13.7. The first-order valence-electron chi connectivity index (χ1n) is 8.48. The summed E-state index contributed by atoms with van der Waals surface area (Å²) in [5, 5.41) is 2.47. The number of para-hydroxylation sites is 1. The molecule has 2 aromatic rings. The zero-order valence-corrected chi connectivity index (χ0v) is 15.3. The number of likely N-dealkylation sites (N-methyl/N-ethyl adjacent to an activating group) is 1. The van der Waals surface area contributed by atoms with Crippen LogP contribution in [-0.2, 0) is 11.3 Å². The summed E-state index contributed by atoms with van der Waals surface area (Å²) in [6.45, 7) is -0.375. The van der Waals surface area contributed by atoms with E-state index in [-0.39, 0.29) is 36.8 Å². The van der Waals surface area contributed by atoms with E-state index < -0.39 is 18.2 Å². The molecule has 0 unspecified atom stereocenters. The van der Waals surface area contributed by atoms with Crippen molar-refractivity contribution in [3.05, 3.63) is 53.6 Å². The SMILES string of the molecule is CN(Cc1ccccc1OC(F)(F)F)C(=O)CNC(=O)c1ccc2c(c1)OCO2. The van der Waals surface area contributed by atoms with Crippen LogP contribution in [-0.4, -0.2) is 43.5 Å². The van der Waals surface area contributed by atoms with Crippen LogP contribution in [0.2, 0.25) is 0 Å². The number of nitrogens with one attached hydrogen (secondary N) is 1. The predicted octanol–water partition coefficient (Wildman–Crippen LogP) is 2.70. The van der Waals surface area contributed by atoms with E-state index in [2.05, 4.69) is 10.1 Å². The summed E-state index contributed by atoms with van der Waals surface area (Å²) in [7, 11) is 1.42. The molecular weight excluding hydrogens is 393 g/mol. The van der Waals surface area contributed by atoms with Gasteiger partial charge in [0.05, 0.1) is 6.54 Å². The normalized spacial score (nSPS) is 12.4. The van der Waals surface area contributed by atoms with Crippen LogP contribution < -0.4 is 19.5 Å². The molecule has 154 valence electrons. The van der Waals surface area contributed by atoms with Crippen LogP contribution in [0.15, 0.2) is 42.5 Å². The average Bonchev–Trinajstić information content (AvgIpc) is 3.14. The quantitative estimate of drug-likeness (QED) is 0.793. The molecule has 10 heteroatoms. The van der Waals surface area contributed by atoms with E-state index in [4.69, 9.17) is 9.47 Å². The topological polar surface area (TPSA) is 77.1 Å². The van der Waals surface area contributed by atoms with E-state index in [0.29, 0.717) is 11.5 Å². The van der Waals surface area contributed by atoms with Gasteiger partial charge < -0.3 is 24.4 Å². The zero-order valence-electron chi connectivity index (χ0n) is 15.3. The third kappa shape index (κ3) is 5.31. The Hall–Kier alpha value is -3.43. The predicted molar refractivity (Wildman–Crippen MR) is 94.5 cm³/mol. The Labute approximate surface area is 164 Å². The maximum absolute atomic E-state index is 12.5. The number of hydrogen-bond acceptors (Lipinski definition) is 5. The Kier molecular flexibility index (Phi) is 5.81. The minimum Gasteiger partial charge on any atom is -0.454 e. The molecule has 7 nitrogen and oxygen atoms in total. The highest BCUT2D eigenvalue weighted by atomic mass is 19.4. The third-order valence-corrected chi connectivity index (χ3v) is 4.07. The lowest BCUT2D eigenvalue weighted by Crippen LogP contribution is -2.38. The molecule has 0 fully saturated rings. The molecule has 0 aliphatic carbocycles. The van der Waals surface area contributed by atoms with Crippen molar-refractivity contribution < 1.29 is 37.0 Å². The van der Waals surface area contributed by atoms with E-state index in [1.165, 1.54) is 48.3 Å². The Morgan fingerprint density at radius 2 is 1.86 bits per heavy atom. The molecule has 2 amide bonds. The van der Waals surface area contributed by atoms with Gasteiger partial charge in [-0.2, -0.15) is 0 Å². The molecule has 1 heterocycles. The maximum Gasteiger partial charge on any atom is 0.573 e. The summed E-state index contributed by atoms with van der Waals surface area (Å²) < 4.78 is 51.8. The van der Waals surface area contributed by atoms with Gasteiger partial charge in [0.1, 0.15) is 5.75 Å². The molecule has 3 rings (SSSR count). The molecule has 1 N–H and O–H groups in total. The molecule has 29 heavy (non-hydrogen) atoms. The van der Waals surface area contributed by atoms with Crippen molar-refractivity contribution >= 4 is 11.8 Å². The summed E-state index contributed by atoms with van der Waals surface area (Å²) in [6.07, 6.45) is -4.84. The van der Waals surface area contributed by atoms with E-state index in [1.54, 1.807) is 6.07 Å². The number of carbonyl (C=O) groups is 2. The Bertz CT molecular complexity index is 917. The van der Waals surface area contributed by atoms with Crippen molar-refractivity contribution in [2.45, 2.75) is 12.9 Å². The fraction of sp³-hybridized carbons (Fsp3) is 0.263. The van der Waals surface area contributed by atoms with Crippen LogP contribution in [0.1, 0.15) is 15.9 Å². The summed E-state index contributed by atoms with van der Waals surface area (Å²) in [5.74, 6) is -0.407. The van der Waals surface area contributed by atoms with Crippen molar-refractivity contribution in [3.63, 3.8) is 0 Å². The van der Waals surface area contributed by atoms with Gasteiger partial charge in [0.25, 0.3) is 5.91 Å². The van der Waals surface area contributed by atoms with E-state index in [9.17, 15) is 22.8 Å². The van der Waals surface area contributed by atoms with Crippen LogP contribution in [0.25, 0.3) is 0 Å². The van der Waals surface area contributed by atoms with E-state index in [0.717, 1.165) is 0 Å². The van der Waals surface area contributed by atoms with Crippen LogP contribution in [0.3, 0.4) is 0 Å². The van der Waals surface area contributed by atoms with Crippen LogP contribution >= 0.6 is 0 Å².